The van der Waals surface area contributed by atoms with Gasteiger partial charge in [-0.25, -0.2) is 9.97 Å². The molecule has 1 aromatic carbocycles. The summed E-state index contributed by atoms with van der Waals surface area (Å²) in [6.45, 7) is 3.68. The molecule has 2 aliphatic rings. The van der Waals surface area contributed by atoms with Crippen molar-refractivity contribution in [2.24, 2.45) is 5.92 Å². The molecule has 3 aromatic rings. The molecule has 1 N–H and O–H groups in total. The second-order valence-corrected chi connectivity index (χ2v) is 9.04. The Hall–Kier alpha value is -2.25. The Bertz CT molecular complexity index is 978. The first kappa shape index (κ1) is 18.8. The van der Waals surface area contributed by atoms with Gasteiger partial charge in [0.2, 0.25) is 11.8 Å². The van der Waals surface area contributed by atoms with E-state index in [1.165, 1.54) is 30.4 Å². The number of hydrogen-bond donors (Lipinski definition) is 1. The summed E-state index contributed by atoms with van der Waals surface area (Å²) in [5.41, 5.74) is 4.78. The van der Waals surface area contributed by atoms with Crippen LogP contribution in [-0.2, 0) is 4.74 Å². The molecule has 152 valence electrons. The molecule has 1 unspecified atom stereocenters. The van der Waals surface area contributed by atoms with Gasteiger partial charge < -0.3 is 14.8 Å². The topological polar surface area (TPSA) is 69.2 Å². The fourth-order valence-corrected chi connectivity index (χ4v) is 4.76. The lowest BCUT2D eigenvalue weighted by atomic mass is 9.87. The minimum absolute atomic E-state index is 0.0371. The molecule has 3 heterocycles. The van der Waals surface area contributed by atoms with E-state index >= 15 is 0 Å². The highest BCUT2D eigenvalue weighted by Gasteiger charge is 2.23. The van der Waals surface area contributed by atoms with Crippen LogP contribution in [0, 0.1) is 5.92 Å². The average molecular weight is 411 g/mol. The molecule has 1 aliphatic carbocycles. The maximum Gasteiger partial charge on any atom is 0.226 e. The lowest BCUT2D eigenvalue weighted by Gasteiger charge is -2.27. The molecular weight excluding hydrogens is 384 g/mol. The number of fused-ring (bicyclic) bond motifs is 1. The zero-order chi connectivity index (χ0) is 19.6. The molecule has 1 saturated carbocycles. The van der Waals surface area contributed by atoms with Gasteiger partial charge in [-0.2, -0.15) is 4.98 Å². The molecule has 5 rings (SSSR count). The number of thiazole rings is 1. The van der Waals surface area contributed by atoms with Crippen LogP contribution >= 0.6 is 11.3 Å². The molecular formula is C22H26N4O2S. The molecule has 1 atom stereocenters. The van der Waals surface area contributed by atoms with Crippen molar-refractivity contribution in [3.63, 3.8) is 0 Å². The number of rotatable bonds is 5. The zero-order valence-corrected chi connectivity index (χ0v) is 17.5. The first-order chi connectivity index (χ1) is 14.2. The summed E-state index contributed by atoms with van der Waals surface area (Å²) in [4.78, 5) is 13.8. The molecule has 2 aromatic heterocycles. The Morgan fingerprint density at radius 1 is 1.14 bits per heavy atom. The smallest absolute Gasteiger partial charge is 0.226 e. The third-order valence-corrected chi connectivity index (χ3v) is 6.72. The van der Waals surface area contributed by atoms with Crippen molar-refractivity contribution in [3.05, 3.63) is 29.9 Å². The molecule has 1 aliphatic heterocycles. The second kappa shape index (κ2) is 8.24. The molecule has 0 radical (unpaired) electrons. The number of hydrogen-bond acceptors (Lipinski definition) is 7. The van der Waals surface area contributed by atoms with Crippen LogP contribution in [0.2, 0.25) is 0 Å². The van der Waals surface area contributed by atoms with E-state index in [1.807, 2.05) is 11.7 Å². The van der Waals surface area contributed by atoms with Gasteiger partial charge in [0.25, 0.3) is 0 Å². The summed E-state index contributed by atoms with van der Waals surface area (Å²) in [7, 11) is 0. The highest BCUT2D eigenvalue weighted by Crippen LogP contribution is 2.33. The molecule has 7 heteroatoms. The Balaban J connectivity index is 1.44. The van der Waals surface area contributed by atoms with Crippen molar-refractivity contribution < 1.29 is 9.47 Å². The summed E-state index contributed by atoms with van der Waals surface area (Å²) in [6.07, 6.45) is 7.64. The summed E-state index contributed by atoms with van der Waals surface area (Å²) in [5.74, 6) is 2.09. The van der Waals surface area contributed by atoms with Gasteiger partial charge in [0.05, 0.1) is 34.5 Å². The van der Waals surface area contributed by atoms with Crippen LogP contribution < -0.4 is 10.1 Å². The number of nitrogens with one attached hydrogen (secondary N) is 1. The van der Waals surface area contributed by atoms with Crippen molar-refractivity contribution in [1.29, 1.82) is 0 Å². The lowest BCUT2D eigenvalue weighted by Crippen LogP contribution is -2.26. The van der Waals surface area contributed by atoms with E-state index in [1.54, 1.807) is 11.3 Å². The first-order valence-electron chi connectivity index (χ1n) is 10.5. The van der Waals surface area contributed by atoms with Crippen LogP contribution in [0.15, 0.2) is 29.9 Å². The van der Waals surface area contributed by atoms with Gasteiger partial charge in [0.15, 0.2) is 0 Å². The van der Waals surface area contributed by atoms with E-state index in [0.29, 0.717) is 24.5 Å². The van der Waals surface area contributed by atoms with Crippen LogP contribution in [0.25, 0.3) is 21.3 Å². The average Bonchev–Trinajstić information content (AvgIpc) is 3.41. The third-order valence-electron chi connectivity index (χ3n) is 5.91. The molecule has 0 spiro atoms. The monoisotopic (exact) mass is 410 g/mol. The second-order valence-electron chi connectivity index (χ2n) is 8.15. The fourth-order valence-electron chi connectivity index (χ4n) is 4.10. The molecule has 1 saturated heterocycles. The van der Waals surface area contributed by atoms with Gasteiger partial charge in [-0.1, -0.05) is 13.0 Å². The Labute approximate surface area is 174 Å². The summed E-state index contributed by atoms with van der Waals surface area (Å²) in [5, 5.41) is 3.53. The van der Waals surface area contributed by atoms with E-state index < -0.39 is 0 Å². The minimum atomic E-state index is 0.0371. The number of aromatic nitrogens is 3. The minimum Gasteiger partial charge on any atom is -0.471 e. The van der Waals surface area contributed by atoms with Crippen molar-refractivity contribution in [2.45, 2.75) is 51.2 Å². The van der Waals surface area contributed by atoms with Gasteiger partial charge >= 0.3 is 0 Å². The number of nitrogens with zero attached hydrogens (tertiary/aromatic N) is 3. The normalized spacial score (nSPS) is 24.7. The van der Waals surface area contributed by atoms with Gasteiger partial charge in [-0.15, -0.1) is 11.3 Å². The van der Waals surface area contributed by atoms with Crippen molar-refractivity contribution in [3.8, 4) is 17.0 Å². The summed E-state index contributed by atoms with van der Waals surface area (Å²) in [6, 6.07) is 6.71. The van der Waals surface area contributed by atoms with Crippen molar-refractivity contribution >= 4 is 27.5 Å². The molecule has 29 heavy (non-hydrogen) atoms. The largest absolute Gasteiger partial charge is 0.471 e. The molecule has 0 bridgehead atoms. The van der Waals surface area contributed by atoms with E-state index in [-0.39, 0.29) is 6.10 Å². The number of anilines is 1. The molecule has 2 fully saturated rings. The highest BCUT2D eigenvalue weighted by atomic mass is 32.1. The number of ether oxygens (including phenoxy) is 2. The predicted molar refractivity (Wildman–Crippen MR) is 116 cm³/mol. The standard InChI is InChI=1S/C22H26N4O2S/c1-14-2-5-16(6-3-14)25-22-23-11-18(21(26-22)28-17-8-9-27-12-17)15-4-7-20-19(10-15)24-13-29-20/h4,7,10-11,13-14,16-17H,2-3,5-6,8-9,12H2,1H3,(H,23,25,26). The Kier molecular flexibility index (Phi) is 5.33. The summed E-state index contributed by atoms with van der Waals surface area (Å²) < 4.78 is 12.9. The predicted octanol–water partition coefficient (Wildman–Crippen LogP) is 4.91. The maximum absolute atomic E-state index is 6.27. The third kappa shape index (κ3) is 4.21. The maximum atomic E-state index is 6.27. The SMILES string of the molecule is CC1CCC(Nc2ncc(-c3ccc4scnc4c3)c(OC3CCOC3)n2)CC1. The fraction of sp³-hybridized carbons (Fsp3) is 0.500. The van der Waals surface area contributed by atoms with Gasteiger partial charge in [-0.3, -0.25) is 0 Å². The van der Waals surface area contributed by atoms with Crippen LogP contribution in [0.5, 0.6) is 5.88 Å². The number of benzene rings is 1. The van der Waals surface area contributed by atoms with E-state index in [2.05, 4.69) is 40.4 Å². The van der Waals surface area contributed by atoms with E-state index in [9.17, 15) is 0 Å². The van der Waals surface area contributed by atoms with Crippen LogP contribution in [0.4, 0.5) is 5.95 Å². The molecule has 0 amide bonds. The van der Waals surface area contributed by atoms with Gasteiger partial charge in [0, 0.05) is 18.7 Å². The van der Waals surface area contributed by atoms with Crippen LogP contribution in [0.3, 0.4) is 0 Å². The quantitative estimate of drug-likeness (QED) is 0.644. The van der Waals surface area contributed by atoms with Crippen molar-refractivity contribution in [2.75, 3.05) is 18.5 Å². The highest BCUT2D eigenvalue weighted by molar-refractivity contribution is 7.16. The molecule has 6 nitrogen and oxygen atoms in total. The Morgan fingerprint density at radius 2 is 2.03 bits per heavy atom. The Morgan fingerprint density at radius 3 is 2.86 bits per heavy atom. The van der Waals surface area contributed by atoms with Gasteiger partial charge in [-0.05, 0) is 49.3 Å². The van der Waals surface area contributed by atoms with E-state index in [4.69, 9.17) is 14.5 Å². The van der Waals surface area contributed by atoms with Crippen molar-refractivity contribution in [1.82, 2.24) is 15.0 Å². The van der Waals surface area contributed by atoms with Crippen LogP contribution in [0.1, 0.15) is 39.0 Å². The van der Waals surface area contributed by atoms with Gasteiger partial charge in [0.1, 0.15) is 6.10 Å². The van der Waals surface area contributed by atoms with E-state index in [0.717, 1.165) is 35.6 Å². The lowest BCUT2D eigenvalue weighted by molar-refractivity contribution is 0.138. The summed E-state index contributed by atoms with van der Waals surface area (Å²) >= 11 is 1.64. The zero-order valence-electron chi connectivity index (χ0n) is 16.6. The first-order valence-corrected chi connectivity index (χ1v) is 11.3. The van der Waals surface area contributed by atoms with Crippen LogP contribution in [-0.4, -0.2) is 40.3 Å².